The molecule has 1 atom stereocenters. The van der Waals surface area contributed by atoms with Crippen molar-refractivity contribution >= 4 is 38.1 Å². The van der Waals surface area contributed by atoms with Crippen molar-refractivity contribution in [2.75, 3.05) is 11.6 Å². The number of rotatable bonds is 5. The van der Waals surface area contributed by atoms with Crippen LogP contribution in [0.25, 0.3) is 10.4 Å². The summed E-state index contributed by atoms with van der Waals surface area (Å²) in [6.45, 7) is 5.68. The summed E-state index contributed by atoms with van der Waals surface area (Å²) >= 11 is 1.29. The molecule has 1 saturated carbocycles. The molecule has 0 saturated heterocycles. The average molecular weight is 434 g/mol. The van der Waals surface area contributed by atoms with Crippen LogP contribution in [0, 0.1) is 12.8 Å². The number of carbonyl (C=O) groups excluding carboxylic acids is 2. The number of aryl methyl sites for hydroxylation is 1. The second-order valence-electron chi connectivity index (χ2n) is 7.91. The summed E-state index contributed by atoms with van der Waals surface area (Å²) in [5.41, 5.74) is 2.43. The first-order valence-electron chi connectivity index (χ1n) is 9.49. The maximum absolute atomic E-state index is 13.1. The SMILES string of the molecule is CC(=O)Nc1nc(C)c(-c2cc3c(c(S(C)(=O)=O)c2)C(=O)N([C@@H](C)C2CC2)C3)s1. The zero-order valence-electron chi connectivity index (χ0n) is 16.8. The molecule has 9 heteroatoms. The molecular formula is C20H23N3O4S2. The lowest BCUT2D eigenvalue weighted by Gasteiger charge is -2.24. The normalized spacial score (nSPS) is 17.4. The number of fused-ring (bicyclic) bond motifs is 1. The van der Waals surface area contributed by atoms with Crippen LogP contribution in [0.4, 0.5) is 5.13 Å². The molecule has 1 aromatic carbocycles. The summed E-state index contributed by atoms with van der Waals surface area (Å²) in [4.78, 5) is 31.4. The second kappa shape index (κ2) is 6.91. The van der Waals surface area contributed by atoms with E-state index in [-0.39, 0.29) is 22.8 Å². The molecule has 7 nitrogen and oxygen atoms in total. The van der Waals surface area contributed by atoms with E-state index in [1.54, 1.807) is 11.0 Å². The van der Waals surface area contributed by atoms with Crippen LogP contribution in [0.5, 0.6) is 0 Å². The number of nitrogens with zero attached hydrogens (tertiary/aromatic N) is 2. The summed E-state index contributed by atoms with van der Waals surface area (Å²) in [7, 11) is -3.60. The van der Waals surface area contributed by atoms with E-state index in [0.29, 0.717) is 34.4 Å². The average Bonchev–Trinajstić information content (AvgIpc) is 3.33. The fourth-order valence-electron chi connectivity index (χ4n) is 3.89. The molecule has 2 aromatic rings. The zero-order chi connectivity index (χ0) is 21.1. The van der Waals surface area contributed by atoms with E-state index in [1.165, 1.54) is 18.3 Å². The summed E-state index contributed by atoms with van der Waals surface area (Å²) in [5.74, 6) is 0.0797. The number of nitrogens with one attached hydrogen (secondary N) is 1. The molecular weight excluding hydrogens is 410 g/mol. The van der Waals surface area contributed by atoms with Gasteiger partial charge in [0.25, 0.3) is 5.91 Å². The molecule has 0 unspecified atom stereocenters. The lowest BCUT2D eigenvalue weighted by atomic mass is 10.0. The monoisotopic (exact) mass is 433 g/mol. The Morgan fingerprint density at radius 2 is 2.03 bits per heavy atom. The first kappa shape index (κ1) is 20.0. The van der Waals surface area contributed by atoms with Crippen molar-refractivity contribution in [2.24, 2.45) is 5.92 Å². The molecule has 0 spiro atoms. The number of hydrogen-bond acceptors (Lipinski definition) is 6. The predicted octanol–water partition coefficient (Wildman–Crippen LogP) is 3.23. The number of sulfone groups is 1. The lowest BCUT2D eigenvalue weighted by Crippen LogP contribution is -2.35. The van der Waals surface area contributed by atoms with Gasteiger partial charge in [-0.2, -0.15) is 0 Å². The van der Waals surface area contributed by atoms with Crippen molar-refractivity contribution < 1.29 is 18.0 Å². The van der Waals surface area contributed by atoms with Crippen LogP contribution < -0.4 is 5.32 Å². The predicted molar refractivity (Wildman–Crippen MR) is 112 cm³/mol. The van der Waals surface area contributed by atoms with E-state index in [0.717, 1.165) is 29.5 Å². The molecule has 1 fully saturated rings. The third kappa shape index (κ3) is 3.69. The summed E-state index contributed by atoms with van der Waals surface area (Å²) < 4.78 is 25.1. The molecule has 0 bridgehead atoms. The van der Waals surface area contributed by atoms with E-state index < -0.39 is 9.84 Å². The minimum absolute atomic E-state index is 0.0642. The minimum atomic E-state index is -3.60. The van der Waals surface area contributed by atoms with Crippen LogP contribution in [-0.4, -0.2) is 42.4 Å². The summed E-state index contributed by atoms with van der Waals surface area (Å²) in [6.07, 6.45) is 3.35. The first-order valence-corrected chi connectivity index (χ1v) is 12.2. The zero-order valence-corrected chi connectivity index (χ0v) is 18.4. The molecule has 2 heterocycles. The van der Waals surface area contributed by atoms with Gasteiger partial charge < -0.3 is 10.2 Å². The number of benzene rings is 1. The maximum atomic E-state index is 13.1. The number of anilines is 1. The van der Waals surface area contributed by atoms with Crippen LogP contribution >= 0.6 is 11.3 Å². The van der Waals surface area contributed by atoms with Crippen LogP contribution in [0.15, 0.2) is 17.0 Å². The lowest BCUT2D eigenvalue weighted by molar-refractivity contribution is -0.114. The van der Waals surface area contributed by atoms with Crippen LogP contribution in [0.1, 0.15) is 48.3 Å². The van der Waals surface area contributed by atoms with Crippen molar-refractivity contribution in [2.45, 2.75) is 51.1 Å². The van der Waals surface area contributed by atoms with Gasteiger partial charge in [-0.1, -0.05) is 11.3 Å². The van der Waals surface area contributed by atoms with E-state index in [2.05, 4.69) is 10.3 Å². The highest BCUT2D eigenvalue weighted by Crippen LogP contribution is 2.42. The molecule has 154 valence electrons. The Balaban J connectivity index is 1.82. The van der Waals surface area contributed by atoms with E-state index in [9.17, 15) is 18.0 Å². The third-order valence-electron chi connectivity index (χ3n) is 5.54. The highest BCUT2D eigenvalue weighted by Gasteiger charge is 2.41. The van der Waals surface area contributed by atoms with Gasteiger partial charge in [-0.15, -0.1) is 0 Å². The van der Waals surface area contributed by atoms with Gasteiger partial charge in [-0.3, -0.25) is 9.59 Å². The fourth-order valence-corrected chi connectivity index (χ4v) is 5.82. The van der Waals surface area contributed by atoms with Crippen molar-refractivity contribution in [1.82, 2.24) is 9.88 Å². The minimum Gasteiger partial charge on any atom is -0.331 e. The van der Waals surface area contributed by atoms with Gasteiger partial charge in [0, 0.05) is 25.8 Å². The smallest absolute Gasteiger partial charge is 0.256 e. The van der Waals surface area contributed by atoms with Crippen LogP contribution in [0.3, 0.4) is 0 Å². The quantitative estimate of drug-likeness (QED) is 0.781. The highest BCUT2D eigenvalue weighted by atomic mass is 32.2. The van der Waals surface area contributed by atoms with E-state index >= 15 is 0 Å². The Morgan fingerprint density at radius 1 is 1.34 bits per heavy atom. The summed E-state index contributed by atoms with van der Waals surface area (Å²) in [5, 5.41) is 3.13. The van der Waals surface area contributed by atoms with E-state index in [1.807, 2.05) is 19.9 Å². The molecule has 0 radical (unpaired) electrons. The van der Waals surface area contributed by atoms with Crippen molar-refractivity contribution in [1.29, 1.82) is 0 Å². The van der Waals surface area contributed by atoms with Gasteiger partial charge in [0.2, 0.25) is 5.91 Å². The number of aromatic nitrogens is 1. The largest absolute Gasteiger partial charge is 0.331 e. The molecule has 4 rings (SSSR count). The topological polar surface area (TPSA) is 96.4 Å². The molecule has 1 aromatic heterocycles. The van der Waals surface area contributed by atoms with Crippen molar-refractivity contribution in [3.63, 3.8) is 0 Å². The Kier molecular flexibility index (Phi) is 4.77. The molecule has 1 aliphatic carbocycles. The standard InChI is InChI=1S/C20H23N3O4S2/c1-10-18(28-20(21-10)22-12(3)24)14-7-15-9-23(11(2)13-5-6-13)19(25)17(15)16(8-14)29(4,26)27/h7-8,11,13H,5-6,9H2,1-4H3,(H,21,22,24)/t11-/m0/s1. The van der Waals surface area contributed by atoms with Crippen LogP contribution in [0.2, 0.25) is 0 Å². The van der Waals surface area contributed by atoms with Gasteiger partial charge in [-0.25, -0.2) is 13.4 Å². The Morgan fingerprint density at radius 3 is 2.62 bits per heavy atom. The molecule has 29 heavy (non-hydrogen) atoms. The first-order chi connectivity index (χ1) is 13.6. The van der Waals surface area contributed by atoms with Crippen molar-refractivity contribution in [3.8, 4) is 10.4 Å². The van der Waals surface area contributed by atoms with Gasteiger partial charge in [0.1, 0.15) is 0 Å². The van der Waals surface area contributed by atoms with Crippen molar-refractivity contribution in [3.05, 3.63) is 29.0 Å². The molecule has 2 aliphatic rings. The Labute approximate surface area is 174 Å². The number of amides is 2. The fraction of sp³-hybridized carbons (Fsp3) is 0.450. The summed E-state index contributed by atoms with van der Waals surface area (Å²) in [6, 6.07) is 3.55. The molecule has 2 amide bonds. The third-order valence-corrected chi connectivity index (χ3v) is 7.78. The molecule has 1 aliphatic heterocycles. The van der Waals surface area contributed by atoms with Crippen LogP contribution in [-0.2, 0) is 21.2 Å². The molecule has 1 N–H and O–H groups in total. The Bertz CT molecular complexity index is 1130. The van der Waals surface area contributed by atoms with Gasteiger partial charge >= 0.3 is 0 Å². The van der Waals surface area contributed by atoms with Gasteiger partial charge in [0.05, 0.1) is 21.0 Å². The second-order valence-corrected chi connectivity index (χ2v) is 10.9. The number of carbonyl (C=O) groups is 2. The number of thiazole rings is 1. The highest BCUT2D eigenvalue weighted by molar-refractivity contribution is 7.90. The Hall–Kier alpha value is -2.26. The maximum Gasteiger partial charge on any atom is 0.256 e. The van der Waals surface area contributed by atoms with Gasteiger partial charge in [-0.05, 0) is 55.9 Å². The number of hydrogen-bond donors (Lipinski definition) is 1. The van der Waals surface area contributed by atoms with Gasteiger partial charge in [0.15, 0.2) is 15.0 Å². The van der Waals surface area contributed by atoms with E-state index in [4.69, 9.17) is 0 Å².